The first kappa shape index (κ1) is 23.0. The predicted octanol–water partition coefficient (Wildman–Crippen LogP) is 4.21. The summed E-state index contributed by atoms with van der Waals surface area (Å²) >= 11 is 0. The molecule has 34 heavy (non-hydrogen) atoms. The molecule has 0 amide bonds. The maximum absolute atomic E-state index is 14.1. The number of ketones is 1. The molecule has 1 spiro atoms. The molecule has 0 fully saturated rings. The van der Waals surface area contributed by atoms with Crippen LogP contribution in [-0.2, 0) is 9.53 Å². The molecule has 4 rings (SSSR count). The van der Waals surface area contributed by atoms with Crippen molar-refractivity contribution in [1.29, 1.82) is 0 Å². The van der Waals surface area contributed by atoms with Crippen LogP contribution >= 0.6 is 0 Å². The van der Waals surface area contributed by atoms with Gasteiger partial charge in [-0.15, -0.1) is 0 Å². The molecule has 174 valence electrons. The fourth-order valence-electron chi connectivity index (χ4n) is 4.32. The Labute approximate surface area is 198 Å². The van der Waals surface area contributed by atoms with Crippen LogP contribution in [-0.4, -0.2) is 40.3 Å². The van der Waals surface area contributed by atoms with E-state index in [-0.39, 0.29) is 17.9 Å². The molecule has 2 aliphatic heterocycles. The van der Waals surface area contributed by atoms with E-state index in [1.165, 1.54) is 6.08 Å². The molecule has 7 heteroatoms. The summed E-state index contributed by atoms with van der Waals surface area (Å²) in [6.45, 7) is 6.66. The number of H-pyrrole nitrogens is 1. The van der Waals surface area contributed by atoms with Gasteiger partial charge >= 0.3 is 5.97 Å². The molecule has 0 radical (unpaired) electrons. The Morgan fingerprint density at radius 3 is 2.44 bits per heavy atom. The van der Waals surface area contributed by atoms with E-state index in [2.05, 4.69) is 4.98 Å². The lowest BCUT2D eigenvalue weighted by atomic mass is 9.89. The van der Waals surface area contributed by atoms with Crippen molar-refractivity contribution in [3.05, 3.63) is 101 Å². The number of hydrogen-bond donors (Lipinski definition) is 1. The van der Waals surface area contributed by atoms with Crippen LogP contribution in [0.25, 0.3) is 10.8 Å². The summed E-state index contributed by atoms with van der Waals surface area (Å²) in [7, 11) is 0. The van der Waals surface area contributed by atoms with Gasteiger partial charge in [0, 0.05) is 41.5 Å². The topological polar surface area (TPSA) is 82.7 Å². The molecule has 0 unspecified atom stereocenters. The Morgan fingerprint density at radius 2 is 1.79 bits per heavy atom. The number of carbonyl (C=O) groups excluding carboxylic acids is 2. The second-order valence-corrected chi connectivity index (χ2v) is 7.88. The van der Waals surface area contributed by atoms with Crippen LogP contribution in [0.4, 0.5) is 5.82 Å². The Balaban J connectivity index is 1.96. The lowest BCUT2D eigenvalue weighted by molar-refractivity contribution is -0.137. The third-order valence-corrected chi connectivity index (χ3v) is 5.88. The highest BCUT2D eigenvalue weighted by atomic mass is 16.5. The molecule has 2 aliphatic rings. The zero-order valence-electron chi connectivity index (χ0n) is 19.4. The Kier molecular flexibility index (Phi) is 6.36. The van der Waals surface area contributed by atoms with Crippen molar-refractivity contribution < 1.29 is 14.3 Å². The number of benzene rings is 1. The monoisotopic (exact) mass is 457 g/mol. The summed E-state index contributed by atoms with van der Waals surface area (Å²) < 4.78 is 4.96. The van der Waals surface area contributed by atoms with Gasteiger partial charge < -0.3 is 19.5 Å². The van der Waals surface area contributed by atoms with Crippen LogP contribution in [0.5, 0.6) is 0 Å². The molecular formula is C27H27N3O4. The van der Waals surface area contributed by atoms with Gasteiger partial charge in [0.2, 0.25) is 5.78 Å². The van der Waals surface area contributed by atoms with Crippen LogP contribution in [0, 0.1) is 0 Å². The lowest BCUT2D eigenvalue weighted by Crippen LogP contribution is -2.48. The number of nitrogens with zero attached hydrogens (tertiary/aromatic N) is 2. The minimum atomic E-state index is -1.16. The molecule has 2 aromatic rings. The number of rotatable bonds is 6. The average Bonchev–Trinajstić information content (AvgIpc) is 3.07. The number of fused-ring (bicyclic) bond motifs is 3. The molecule has 1 aromatic carbocycles. The molecule has 7 nitrogen and oxygen atoms in total. The first-order valence-electron chi connectivity index (χ1n) is 11.3. The summed E-state index contributed by atoms with van der Waals surface area (Å²) in [4.78, 5) is 45.6. The molecule has 0 saturated carbocycles. The second kappa shape index (κ2) is 9.39. The molecule has 0 aliphatic carbocycles. The number of aromatic nitrogens is 1. The minimum Gasteiger partial charge on any atom is -0.463 e. The van der Waals surface area contributed by atoms with E-state index in [4.69, 9.17) is 4.74 Å². The van der Waals surface area contributed by atoms with Crippen molar-refractivity contribution in [1.82, 2.24) is 9.88 Å². The van der Waals surface area contributed by atoms with E-state index in [9.17, 15) is 14.4 Å². The quantitative estimate of drug-likeness (QED) is 0.398. The fourth-order valence-corrected chi connectivity index (χ4v) is 4.32. The van der Waals surface area contributed by atoms with Crippen molar-refractivity contribution in [2.75, 3.05) is 18.1 Å². The maximum atomic E-state index is 14.1. The van der Waals surface area contributed by atoms with Crippen molar-refractivity contribution in [2.24, 2.45) is 0 Å². The molecule has 0 atom stereocenters. The van der Waals surface area contributed by atoms with Crippen LogP contribution in [0.15, 0.2) is 89.7 Å². The summed E-state index contributed by atoms with van der Waals surface area (Å²) in [5.74, 6) is -0.175. The van der Waals surface area contributed by atoms with Gasteiger partial charge in [-0.05, 0) is 51.1 Å². The van der Waals surface area contributed by atoms with Crippen molar-refractivity contribution in [3.63, 3.8) is 0 Å². The number of pyridine rings is 1. The second-order valence-electron chi connectivity index (χ2n) is 7.88. The van der Waals surface area contributed by atoms with E-state index in [1.54, 1.807) is 37.3 Å². The predicted molar refractivity (Wildman–Crippen MR) is 133 cm³/mol. The number of aromatic amines is 1. The van der Waals surface area contributed by atoms with Gasteiger partial charge in [0.15, 0.2) is 0 Å². The van der Waals surface area contributed by atoms with Gasteiger partial charge in [0.05, 0.1) is 12.2 Å². The van der Waals surface area contributed by atoms with Crippen molar-refractivity contribution in [3.8, 4) is 0 Å². The molecule has 1 aromatic heterocycles. The van der Waals surface area contributed by atoms with Crippen LogP contribution in [0.2, 0.25) is 0 Å². The van der Waals surface area contributed by atoms with Gasteiger partial charge in [-0.3, -0.25) is 9.59 Å². The largest absolute Gasteiger partial charge is 0.463 e. The summed E-state index contributed by atoms with van der Waals surface area (Å²) in [5.41, 5.74) is -0.353. The number of ether oxygens (including phenoxy) is 1. The van der Waals surface area contributed by atoms with E-state index in [0.29, 0.717) is 27.9 Å². The van der Waals surface area contributed by atoms with Gasteiger partial charge in [0.25, 0.3) is 5.56 Å². The standard InChI is InChI=1S/C27H27N3O4/c1-4-10-19(11-9-14-22(31)34-6-3)30-25-23(20-12-7-8-13-21(20)26(33)28-25)24(32)27(30)15-17-29(5-2)18-16-27/h4,7-18H,5-6H2,1-3H3,(H,28,33)/b10-4-,14-9+,19-11+. The van der Waals surface area contributed by atoms with Crippen LogP contribution in [0.3, 0.4) is 0 Å². The van der Waals surface area contributed by atoms with Crippen molar-refractivity contribution >= 4 is 28.3 Å². The van der Waals surface area contributed by atoms with E-state index >= 15 is 0 Å². The number of allylic oxidation sites excluding steroid dienone is 4. The SMILES string of the molecule is C\C=C/C(=C\C=C\C(=O)OCC)N1c2[nH]c(=O)c3ccccc3c2C(=O)C12C=CN(CC)C=C2. The van der Waals surface area contributed by atoms with Gasteiger partial charge in [-0.2, -0.15) is 0 Å². The Morgan fingerprint density at radius 1 is 1.09 bits per heavy atom. The lowest BCUT2D eigenvalue weighted by Gasteiger charge is -2.37. The molecule has 0 saturated heterocycles. The van der Waals surface area contributed by atoms with Crippen LogP contribution in [0.1, 0.15) is 31.1 Å². The van der Waals surface area contributed by atoms with Gasteiger partial charge in [-0.25, -0.2) is 4.79 Å². The molecule has 0 bridgehead atoms. The van der Waals surface area contributed by atoms with Crippen LogP contribution < -0.4 is 10.5 Å². The first-order valence-corrected chi connectivity index (χ1v) is 11.3. The zero-order valence-corrected chi connectivity index (χ0v) is 19.4. The van der Waals surface area contributed by atoms with E-state index in [0.717, 1.165) is 6.54 Å². The third-order valence-electron chi connectivity index (χ3n) is 5.88. The van der Waals surface area contributed by atoms with E-state index < -0.39 is 11.5 Å². The number of carbonyl (C=O) groups is 2. The first-order chi connectivity index (χ1) is 16.5. The Bertz CT molecular complexity index is 1330. The highest BCUT2D eigenvalue weighted by Crippen LogP contribution is 2.45. The smallest absolute Gasteiger partial charge is 0.330 e. The fraction of sp³-hybridized carbons (Fsp3) is 0.222. The highest BCUT2D eigenvalue weighted by Gasteiger charge is 2.51. The van der Waals surface area contributed by atoms with Gasteiger partial charge in [-0.1, -0.05) is 30.4 Å². The van der Waals surface area contributed by atoms with E-state index in [1.807, 2.05) is 66.4 Å². The highest BCUT2D eigenvalue weighted by molar-refractivity contribution is 6.23. The normalized spacial score (nSPS) is 17.0. The summed E-state index contributed by atoms with van der Waals surface area (Å²) in [6.07, 6.45) is 15.7. The number of esters is 1. The maximum Gasteiger partial charge on any atom is 0.330 e. The molecule has 3 heterocycles. The summed E-state index contributed by atoms with van der Waals surface area (Å²) in [5, 5.41) is 1.07. The zero-order chi connectivity index (χ0) is 24.3. The summed E-state index contributed by atoms with van der Waals surface area (Å²) in [6, 6.07) is 7.11. The number of hydrogen-bond acceptors (Lipinski definition) is 6. The minimum absolute atomic E-state index is 0.136. The molecular weight excluding hydrogens is 430 g/mol. The van der Waals surface area contributed by atoms with Gasteiger partial charge in [0.1, 0.15) is 11.4 Å². The average molecular weight is 458 g/mol. The van der Waals surface area contributed by atoms with Crippen molar-refractivity contribution in [2.45, 2.75) is 26.3 Å². The number of Topliss-reactive ketones (excluding diaryl/α,β-unsaturated/α-hetero) is 1. The Hall–Kier alpha value is -4.13. The third kappa shape index (κ3) is 3.79. The number of nitrogens with one attached hydrogen (secondary N) is 1. The molecule has 1 N–H and O–H groups in total. The number of anilines is 1.